The second-order valence-electron chi connectivity index (χ2n) is 5.38. The predicted molar refractivity (Wildman–Crippen MR) is 82.6 cm³/mol. The van der Waals surface area contributed by atoms with E-state index in [0.717, 1.165) is 12.1 Å². The Bertz CT molecular complexity index is 757. The number of carbonyl (C=O) groups is 1. The second-order valence-corrected chi connectivity index (χ2v) is 5.38. The minimum Gasteiger partial charge on any atom is -0.481 e. The van der Waals surface area contributed by atoms with Gasteiger partial charge in [-0.05, 0) is 17.7 Å². The van der Waals surface area contributed by atoms with Crippen LogP contribution >= 0.6 is 0 Å². The highest BCUT2D eigenvalue weighted by Gasteiger charge is 2.26. The molecular weight excluding hydrogens is 318 g/mol. The summed E-state index contributed by atoms with van der Waals surface area (Å²) in [5.74, 6) is -1.09. The smallest absolute Gasteiger partial charge is 0.242 e. The number of ether oxygens (including phenoxy) is 1. The van der Waals surface area contributed by atoms with Crippen LogP contribution in [0.5, 0.6) is 5.88 Å². The maximum atomic E-state index is 13.3. The number of carbonyl (C=O) groups excluding carboxylic acids is 1. The summed E-state index contributed by atoms with van der Waals surface area (Å²) in [5.41, 5.74) is 0.549. The first-order valence-corrected chi connectivity index (χ1v) is 7.40. The second kappa shape index (κ2) is 6.77. The van der Waals surface area contributed by atoms with Gasteiger partial charge in [0.1, 0.15) is 6.54 Å². The molecule has 1 fully saturated rings. The zero-order valence-electron chi connectivity index (χ0n) is 13.1. The summed E-state index contributed by atoms with van der Waals surface area (Å²) in [4.78, 5) is 24.0. The van der Waals surface area contributed by atoms with Crippen molar-refractivity contribution in [3.8, 4) is 5.88 Å². The van der Waals surface area contributed by atoms with E-state index in [1.165, 1.54) is 13.2 Å². The van der Waals surface area contributed by atoms with Crippen molar-refractivity contribution in [1.29, 1.82) is 0 Å². The average molecular weight is 334 g/mol. The zero-order valence-corrected chi connectivity index (χ0v) is 13.1. The molecule has 0 N–H and O–H groups in total. The van der Waals surface area contributed by atoms with Crippen molar-refractivity contribution in [2.45, 2.75) is 6.54 Å². The van der Waals surface area contributed by atoms with Gasteiger partial charge in [-0.2, -0.15) is 4.98 Å². The lowest BCUT2D eigenvalue weighted by Gasteiger charge is -2.34. The fraction of sp³-hybridized carbons (Fsp3) is 0.312. The largest absolute Gasteiger partial charge is 0.481 e. The molecule has 1 amide bonds. The van der Waals surface area contributed by atoms with Crippen LogP contribution in [-0.2, 0) is 11.3 Å². The van der Waals surface area contributed by atoms with E-state index in [1.54, 1.807) is 22.1 Å². The molecule has 0 spiro atoms. The Balaban J connectivity index is 1.66. The van der Waals surface area contributed by atoms with E-state index in [0.29, 0.717) is 30.5 Å². The van der Waals surface area contributed by atoms with E-state index in [9.17, 15) is 13.6 Å². The van der Waals surface area contributed by atoms with Gasteiger partial charge in [0.05, 0.1) is 7.11 Å². The average Bonchev–Trinajstić information content (AvgIpc) is 2.60. The lowest BCUT2D eigenvalue weighted by Crippen LogP contribution is -2.50. The molecule has 24 heavy (non-hydrogen) atoms. The summed E-state index contributed by atoms with van der Waals surface area (Å²) in [5, 5.41) is 0. The molecule has 1 aromatic heterocycles. The highest BCUT2D eigenvalue weighted by atomic mass is 19.2. The van der Waals surface area contributed by atoms with Crippen LogP contribution in [0.15, 0.2) is 30.5 Å². The van der Waals surface area contributed by atoms with Crippen molar-refractivity contribution in [3.05, 3.63) is 47.7 Å². The van der Waals surface area contributed by atoms with E-state index >= 15 is 0 Å². The van der Waals surface area contributed by atoms with Crippen molar-refractivity contribution in [2.75, 3.05) is 31.6 Å². The first-order chi connectivity index (χ1) is 11.6. The molecule has 0 unspecified atom stereocenters. The summed E-state index contributed by atoms with van der Waals surface area (Å²) in [6, 6.07) is 5.28. The van der Waals surface area contributed by atoms with Crippen LogP contribution in [-0.4, -0.2) is 47.5 Å². The Morgan fingerprint density at radius 1 is 1.21 bits per heavy atom. The third kappa shape index (κ3) is 3.42. The van der Waals surface area contributed by atoms with E-state index in [2.05, 4.69) is 9.97 Å². The van der Waals surface area contributed by atoms with Crippen LogP contribution in [0.1, 0.15) is 5.56 Å². The Morgan fingerprint density at radius 3 is 2.75 bits per heavy atom. The van der Waals surface area contributed by atoms with Gasteiger partial charge in [-0.3, -0.25) is 4.79 Å². The lowest BCUT2D eigenvalue weighted by molar-refractivity contribution is -0.131. The van der Waals surface area contributed by atoms with Gasteiger partial charge in [0.25, 0.3) is 0 Å². The number of anilines is 1. The van der Waals surface area contributed by atoms with Gasteiger partial charge in [-0.1, -0.05) is 6.07 Å². The molecule has 1 aliphatic heterocycles. The molecule has 0 bridgehead atoms. The van der Waals surface area contributed by atoms with Crippen LogP contribution < -0.4 is 9.64 Å². The van der Waals surface area contributed by atoms with Crippen LogP contribution in [0.2, 0.25) is 0 Å². The topological polar surface area (TPSA) is 58.6 Å². The monoisotopic (exact) mass is 334 g/mol. The normalized spacial score (nSPS) is 14.9. The van der Waals surface area contributed by atoms with Crippen molar-refractivity contribution in [1.82, 2.24) is 14.9 Å². The summed E-state index contributed by atoms with van der Waals surface area (Å²) >= 11 is 0. The fourth-order valence-electron chi connectivity index (χ4n) is 2.50. The number of halogens is 2. The maximum absolute atomic E-state index is 13.3. The molecular formula is C16H16F2N4O2. The molecule has 0 saturated carbocycles. The molecule has 0 radical (unpaired) electrons. The Morgan fingerprint density at radius 2 is 2.04 bits per heavy atom. The Kier molecular flexibility index (Phi) is 4.54. The molecule has 6 nitrogen and oxygen atoms in total. The molecule has 2 heterocycles. The first-order valence-electron chi connectivity index (χ1n) is 7.40. The molecule has 2 aromatic rings. The highest BCUT2D eigenvalue weighted by Crippen LogP contribution is 2.17. The van der Waals surface area contributed by atoms with Crippen LogP contribution in [0.25, 0.3) is 0 Å². The number of amides is 1. The predicted octanol–water partition coefficient (Wildman–Crippen LogP) is 1.61. The molecule has 1 aliphatic rings. The molecule has 0 aliphatic carbocycles. The van der Waals surface area contributed by atoms with Gasteiger partial charge in [0.15, 0.2) is 11.6 Å². The minimum atomic E-state index is -0.914. The summed E-state index contributed by atoms with van der Waals surface area (Å²) in [6.45, 7) is 1.35. The first kappa shape index (κ1) is 16.1. The summed E-state index contributed by atoms with van der Waals surface area (Å²) < 4.78 is 31.3. The molecule has 3 rings (SSSR count). The molecule has 8 heteroatoms. The number of methoxy groups -OCH3 is 1. The summed E-state index contributed by atoms with van der Waals surface area (Å²) in [7, 11) is 1.51. The number of nitrogens with zero attached hydrogens (tertiary/aromatic N) is 4. The zero-order chi connectivity index (χ0) is 17.1. The molecule has 1 saturated heterocycles. The number of rotatable bonds is 4. The van der Waals surface area contributed by atoms with E-state index in [4.69, 9.17) is 4.74 Å². The Hall–Kier alpha value is -2.77. The maximum Gasteiger partial charge on any atom is 0.242 e. The van der Waals surface area contributed by atoms with Crippen molar-refractivity contribution < 1.29 is 18.3 Å². The fourth-order valence-corrected chi connectivity index (χ4v) is 2.50. The number of benzene rings is 1. The SMILES string of the molecule is COc1ccnc(N2CCN(Cc3ccc(F)c(F)c3)C(=O)C2)n1. The van der Waals surface area contributed by atoms with Gasteiger partial charge >= 0.3 is 0 Å². The quantitative estimate of drug-likeness (QED) is 0.850. The highest BCUT2D eigenvalue weighted by molar-refractivity contribution is 5.82. The number of hydrogen-bond donors (Lipinski definition) is 0. The Labute approximate surface area is 137 Å². The number of hydrogen-bond acceptors (Lipinski definition) is 5. The van der Waals surface area contributed by atoms with E-state index < -0.39 is 11.6 Å². The number of aromatic nitrogens is 2. The van der Waals surface area contributed by atoms with Crippen molar-refractivity contribution >= 4 is 11.9 Å². The van der Waals surface area contributed by atoms with Crippen LogP contribution in [0.3, 0.4) is 0 Å². The summed E-state index contributed by atoms with van der Waals surface area (Å²) in [6.07, 6.45) is 1.57. The molecule has 126 valence electrons. The van der Waals surface area contributed by atoms with E-state index in [1.807, 2.05) is 0 Å². The van der Waals surface area contributed by atoms with E-state index in [-0.39, 0.29) is 19.0 Å². The third-order valence-corrected chi connectivity index (χ3v) is 3.79. The number of piperazine rings is 1. The minimum absolute atomic E-state index is 0.122. The van der Waals surface area contributed by atoms with Gasteiger partial charge in [-0.15, -0.1) is 0 Å². The van der Waals surface area contributed by atoms with Crippen molar-refractivity contribution in [3.63, 3.8) is 0 Å². The molecule has 0 atom stereocenters. The van der Waals surface area contributed by atoms with Gasteiger partial charge < -0.3 is 14.5 Å². The van der Waals surface area contributed by atoms with Gasteiger partial charge in [0, 0.05) is 31.9 Å². The van der Waals surface area contributed by atoms with Crippen LogP contribution in [0.4, 0.5) is 14.7 Å². The van der Waals surface area contributed by atoms with Crippen molar-refractivity contribution in [2.24, 2.45) is 0 Å². The standard InChI is InChI=1S/C16H16F2N4O2/c1-24-14-4-5-19-16(20-14)22-7-6-21(15(23)10-22)9-11-2-3-12(17)13(18)8-11/h2-5,8H,6-7,9-10H2,1H3. The van der Waals surface area contributed by atoms with Gasteiger partial charge in [-0.25, -0.2) is 13.8 Å². The lowest BCUT2D eigenvalue weighted by atomic mass is 10.2. The van der Waals surface area contributed by atoms with Gasteiger partial charge in [0.2, 0.25) is 17.7 Å². The van der Waals surface area contributed by atoms with Crippen LogP contribution in [0, 0.1) is 11.6 Å². The molecule has 1 aromatic carbocycles. The third-order valence-electron chi connectivity index (χ3n) is 3.79.